The van der Waals surface area contributed by atoms with Crippen LogP contribution in [0.4, 0.5) is 5.69 Å². The summed E-state index contributed by atoms with van der Waals surface area (Å²) in [6, 6.07) is 6.42. The molecule has 0 bridgehead atoms. The van der Waals surface area contributed by atoms with E-state index in [1.54, 1.807) is 29.9 Å². The zero-order valence-corrected chi connectivity index (χ0v) is 10.7. The number of hydrogen-bond donors (Lipinski definition) is 2. The highest BCUT2D eigenvalue weighted by Crippen LogP contribution is 2.14. The van der Waals surface area contributed by atoms with E-state index in [1.165, 1.54) is 18.3 Å². The molecule has 0 saturated heterocycles. The quantitative estimate of drug-likeness (QED) is 0.854. The van der Waals surface area contributed by atoms with E-state index in [-0.39, 0.29) is 4.90 Å². The van der Waals surface area contributed by atoms with Crippen LogP contribution in [0.25, 0.3) is 5.69 Å². The van der Waals surface area contributed by atoms with E-state index in [0.717, 1.165) is 5.69 Å². The Morgan fingerprint density at radius 3 is 2.50 bits per heavy atom. The van der Waals surface area contributed by atoms with Crippen molar-refractivity contribution in [3.05, 3.63) is 36.7 Å². The van der Waals surface area contributed by atoms with Gasteiger partial charge in [0, 0.05) is 6.54 Å². The third kappa shape index (κ3) is 2.52. The number of nitrogens with one attached hydrogen (secondary N) is 1. The number of anilines is 1. The van der Waals surface area contributed by atoms with Crippen molar-refractivity contribution in [3.8, 4) is 5.69 Å². The second-order valence-electron chi connectivity index (χ2n) is 3.71. The largest absolute Gasteiger partial charge is 0.396 e. The second kappa shape index (κ2) is 4.79. The minimum absolute atomic E-state index is 0.230. The standard InChI is InChI=1S/C11H14N4O2S/c1-2-14-18(16,17)11-5-3-10(4-6-11)15-8-9(12)7-13-15/h3-8,14H,2,12H2,1H3. The van der Waals surface area contributed by atoms with Crippen LogP contribution < -0.4 is 10.5 Å². The summed E-state index contributed by atoms with van der Waals surface area (Å²) in [5.74, 6) is 0. The fourth-order valence-corrected chi connectivity index (χ4v) is 2.57. The molecule has 2 aromatic rings. The fraction of sp³-hybridized carbons (Fsp3) is 0.182. The summed E-state index contributed by atoms with van der Waals surface area (Å²) in [4.78, 5) is 0.230. The monoisotopic (exact) mass is 266 g/mol. The Labute approximate surface area is 105 Å². The van der Waals surface area contributed by atoms with Gasteiger partial charge < -0.3 is 5.73 Å². The first-order valence-electron chi connectivity index (χ1n) is 5.43. The van der Waals surface area contributed by atoms with Gasteiger partial charge in [-0.15, -0.1) is 0 Å². The lowest BCUT2D eigenvalue weighted by Gasteiger charge is -2.06. The van der Waals surface area contributed by atoms with Gasteiger partial charge in [0.25, 0.3) is 0 Å². The highest BCUT2D eigenvalue weighted by atomic mass is 32.2. The lowest BCUT2D eigenvalue weighted by molar-refractivity contribution is 0.584. The normalized spacial score (nSPS) is 11.6. The average molecular weight is 266 g/mol. The van der Waals surface area contributed by atoms with E-state index in [9.17, 15) is 8.42 Å². The third-order valence-corrected chi connectivity index (χ3v) is 3.91. The van der Waals surface area contributed by atoms with Crippen LogP contribution in [0.15, 0.2) is 41.6 Å². The van der Waals surface area contributed by atoms with Crippen LogP contribution in [0.5, 0.6) is 0 Å². The number of benzene rings is 1. The highest BCUT2D eigenvalue weighted by Gasteiger charge is 2.12. The van der Waals surface area contributed by atoms with Gasteiger partial charge in [0.05, 0.1) is 28.7 Å². The predicted molar refractivity (Wildman–Crippen MR) is 68.8 cm³/mol. The molecule has 2 rings (SSSR count). The summed E-state index contributed by atoms with van der Waals surface area (Å²) >= 11 is 0. The third-order valence-electron chi connectivity index (χ3n) is 2.35. The molecule has 1 heterocycles. The van der Waals surface area contributed by atoms with Crippen LogP contribution in [0.2, 0.25) is 0 Å². The lowest BCUT2D eigenvalue weighted by Crippen LogP contribution is -2.23. The minimum Gasteiger partial charge on any atom is -0.396 e. The maximum atomic E-state index is 11.7. The fourth-order valence-electron chi connectivity index (χ4n) is 1.53. The number of rotatable bonds is 4. The molecule has 7 heteroatoms. The predicted octanol–water partition coefficient (Wildman–Crippen LogP) is 0.753. The zero-order chi connectivity index (χ0) is 13.2. The van der Waals surface area contributed by atoms with Gasteiger partial charge in [-0.1, -0.05) is 6.92 Å². The van der Waals surface area contributed by atoms with Crippen LogP contribution in [0.1, 0.15) is 6.92 Å². The van der Waals surface area contributed by atoms with Crippen LogP contribution in [-0.4, -0.2) is 24.7 Å². The van der Waals surface area contributed by atoms with Crippen molar-refractivity contribution in [2.75, 3.05) is 12.3 Å². The topological polar surface area (TPSA) is 90.0 Å². The molecule has 0 atom stereocenters. The van der Waals surface area contributed by atoms with Crippen molar-refractivity contribution >= 4 is 15.7 Å². The first kappa shape index (κ1) is 12.6. The van der Waals surface area contributed by atoms with Crippen LogP contribution >= 0.6 is 0 Å². The summed E-state index contributed by atoms with van der Waals surface area (Å²) in [7, 11) is -3.41. The van der Waals surface area contributed by atoms with Crippen molar-refractivity contribution in [1.29, 1.82) is 0 Å². The van der Waals surface area contributed by atoms with Gasteiger partial charge in [-0.2, -0.15) is 5.10 Å². The molecule has 0 unspecified atom stereocenters. The van der Waals surface area contributed by atoms with Gasteiger partial charge in [-0.25, -0.2) is 17.8 Å². The Kier molecular flexibility index (Phi) is 3.35. The summed E-state index contributed by atoms with van der Waals surface area (Å²) in [5, 5.41) is 4.04. The number of sulfonamides is 1. The zero-order valence-electron chi connectivity index (χ0n) is 9.87. The molecule has 0 amide bonds. The molecule has 0 aliphatic heterocycles. The molecule has 18 heavy (non-hydrogen) atoms. The molecule has 0 aliphatic carbocycles. The first-order valence-corrected chi connectivity index (χ1v) is 6.91. The summed E-state index contributed by atoms with van der Waals surface area (Å²) in [6.45, 7) is 2.10. The van der Waals surface area contributed by atoms with Gasteiger partial charge >= 0.3 is 0 Å². The van der Waals surface area contributed by atoms with Crippen molar-refractivity contribution in [3.63, 3.8) is 0 Å². The molecule has 3 N–H and O–H groups in total. The van der Waals surface area contributed by atoms with Gasteiger partial charge in [-0.05, 0) is 24.3 Å². The molecule has 0 aliphatic rings. The van der Waals surface area contributed by atoms with Gasteiger partial charge in [-0.3, -0.25) is 0 Å². The Morgan fingerprint density at radius 2 is 2.00 bits per heavy atom. The van der Waals surface area contributed by atoms with Crippen molar-refractivity contribution < 1.29 is 8.42 Å². The molecule has 96 valence electrons. The van der Waals surface area contributed by atoms with E-state index < -0.39 is 10.0 Å². The average Bonchev–Trinajstić information content (AvgIpc) is 2.76. The maximum absolute atomic E-state index is 11.7. The number of nitrogen functional groups attached to an aromatic ring is 1. The van der Waals surface area contributed by atoms with E-state index in [1.807, 2.05) is 0 Å². The van der Waals surface area contributed by atoms with Crippen LogP contribution in [0.3, 0.4) is 0 Å². The Bertz CT molecular complexity index is 631. The number of hydrogen-bond acceptors (Lipinski definition) is 4. The molecular weight excluding hydrogens is 252 g/mol. The summed E-state index contributed by atoms with van der Waals surface area (Å²) in [5.41, 5.74) is 6.87. The molecular formula is C11H14N4O2S. The van der Waals surface area contributed by atoms with E-state index in [0.29, 0.717) is 12.2 Å². The minimum atomic E-state index is -3.41. The Morgan fingerprint density at radius 1 is 1.33 bits per heavy atom. The van der Waals surface area contributed by atoms with Gasteiger partial charge in [0.2, 0.25) is 10.0 Å². The van der Waals surface area contributed by atoms with Crippen molar-refractivity contribution in [1.82, 2.24) is 14.5 Å². The van der Waals surface area contributed by atoms with Crippen molar-refractivity contribution in [2.24, 2.45) is 0 Å². The van der Waals surface area contributed by atoms with E-state index in [4.69, 9.17) is 5.73 Å². The molecule has 1 aromatic heterocycles. The van der Waals surface area contributed by atoms with E-state index in [2.05, 4.69) is 9.82 Å². The van der Waals surface area contributed by atoms with Gasteiger partial charge in [0.1, 0.15) is 0 Å². The lowest BCUT2D eigenvalue weighted by atomic mass is 10.3. The summed E-state index contributed by atoms with van der Waals surface area (Å²) < 4.78 is 27.5. The number of nitrogens with zero attached hydrogens (tertiary/aromatic N) is 2. The van der Waals surface area contributed by atoms with Crippen molar-refractivity contribution in [2.45, 2.75) is 11.8 Å². The smallest absolute Gasteiger partial charge is 0.240 e. The number of aromatic nitrogens is 2. The molecule has 0 radical (unpaired) electrons. The Balaban J connectivity index is 2.31. The van der Waals surface area contributed by atoms with Crippen LogP contribution in [0, 0.1) is 0 Å². The van der Waals surface area contributed by atoms with E-state index >= 15 is 0 Å². The molecule has 0 spiro atoms. The second-order valence-corrected chi connectivity index (χ2v) is 5.48. The SMILES string of the molecule is CCNS(=O)(=O)c1ccc(-n2cc(N)cn2)cc1. The molecule has 1 aromatic carbocycles. The molecule has 6 nitrogen and oxygen atoms in total. The van der Waals surface area contributed by atoms with Gasteiger partial charge in [0.15, 0.2) is 0 Å². The molecule has 0 saturated carbocycles. The highest BCUT2D eigenvalue weighted by molar-refractivity contribution is 7.89. The van der Waals surface area contributed by atoms with Crippen LogP contribution in [-0.2, 0) is 10.0 Å². The maximum Gasteiger partial charge on any atom is 0.240 e. The Hall–Kier alpha value is -1.86. The molecule has 0 fully saturated rings. The summed E-state index contributed by atoms with van der Waals surface area (Å²) in [6.07, 6.45) is 3.19. The number of nitrogens with two attached hydrogens (primary N) is 1. The first-order chi connectivity index (χ1) is 8.53.